The van der Waals surface area contributed by atoms with Crippen LogP contribution in [0.3, 0.4) is 0 Å². The zero-order valence-electron chi connectivity index (χ0n) is 13.5. The number of aldehydes is 1. The van der Waals surface area contributed by atoms with Crippen LogP contribution in [0.2, 0.25) is 0 Å². The summed E-state index contributed by atoms with van der Waals surface area (Å²) in [6.45, 7) is 0. The topological polar surface area (TPSA) is 26.3 Å². The predicted octanol–water partition coefficient (Wildman–Crippen LogP) is 3.73. The molecule has 1 atom stereocenters. The smallest absolute Gasteiger partial charge is 0.150 e. The number of rotatable bonds is 6. The molecule has 3 aromatic rings. The Morgan fingerprint density at radius 1 is 0.875 bits per heavy atom. The first-order chi connectivity index (χ1) is 11.8. The van der Waals surface area contributed by atoms with Gasteiger partial charge in [-0.3, -0.25) is 4.79 Å². The van der Waals surface area contributed by atoms with Gasteiger partial charge in [-0.25, -0.2) is 0 Å². The van der Waals surface area contributed by atoms with E-state index in [-0.39, 0.29) is 0 Å². The summed E-state index contributed by atoms with van der Waals surface area (Å²) in [5, 5.41) is 2.17. The molecule has 0 heterocycles. The van der Waals surface area contributed by atoms with Crippen LogP contribution in [0.15, 0.2) is 72.8 Å². The van der Waals surface area contributed by atoms with Crippen molar-refractivity contribution in [1.29, 1.82) is 0 Å². The van der Waals surface area contributed by atoms with E-state index in [9.17, 15) is 4.79 Å². The van der Waals surface area contributed by atoms with E-state index in [2.05, 4.69) is 36.4 Å². The van der Waals surface area contributed by atoms with Crippen molar-refractivity contribution in [2.45, 2.75) is 6.42 Å². The predicted molar refractivity (Wildman–Crippen MR) is 102 cm³/mol. The molecule has 0 aliphatic heterocycles. The van der Waals surface area contributed by atoms with Crippen molar-refractivity contribution in [3.05, 3.63) is 89.5 Å². The van der Waals surface area contributed by atoms with E-state index in [1.165, 1.54) is 11.1 Å². The molecule has 0 spiro atoms. The Kier molecular flexibility index (Phi) is 5.40. The summed E-state index contributed by atoms with van der Waals surface area (Å²) in [7, 11) is 2.08. The Balaban J connectivity index is 1.91. The summed E-state index contributed by atoms with van der Waals surface area (Å²) >= 11 is 0. The van der Waals surface area contributed by atoms with Crippen LogP contribution in [0.4, 0.5) is 0 Å². The summed E-state index contributed by atoms with van der Waals surface area (Å²) < 4.78 is 5.51. The fraction of sp³-hybridized carbons (Fsp3) is 0.0952. The number of hydrogen-bond acceptors (Lipinski definition) is 2. The molecule has 120 valence electrons. The van der Waals surface area contributed by atoms with Crippen LogP contribution in [0, 0.1) is 0 Å². The van der Waals surface area contributed by atoms with E-state index in [4.69, 9.17) is 4.74 Å². The largest absolute Gasteiger partial charge is 0.496 e. The molecule has 0 radical (unpaired) electrons. The lowest BCUT2D eigenvalue weighted by Gasteiger charge is -2.12. The van der Waals surface area contributed by atoms with Gasteiger partial charge < -0.3 is 4.74 Å². The highest BCUT2D eigenvalue weighted by Crippen LogP contribution is 2.22. The number of carbonyl (C=O) groups excluding carboxylic acids is 1. The van der Waals surface area contributed by atoms with E-state index in [0.717, 1.165) is 34.6 Å². The average molecular weight is 334 g/mol. The minimum Gasteiger partial charge on any atom is -0.496 e. The van der Waals surface area contributed by atoms with Crippen molar-refractivity contribution in [1.82, 2.24) is 0 Å². The van der Waals surface area contributed by atoms with Crippen molar-refractivity contribution in [3.63, 3.8) is 0 Å². The molecule has 3 rings (SSSR count). The van der Waals surface area contributed by atoms with E-state index in [1.807, 2.05) is 36.4 Å². The number of methoxy groups -OCH3 is 1. The quantitative estimate of drug-likeness (QED) is 0.507. The molecule has 0 N–H and O–H groups in total. The first-order valence-corrected chi connectivity index (χ1v) is 8.82. The maximum Gasteiger partial charge on any atom is 0.150 e. The van der Waals surface area contributed by atoms with Crippen molar-refractivity contribution >= 4 is 25.5 Å². The second-order valence-corrected chi connectivity index (χ2v) is 6.85. The lowest BCUT2D eigenvalue weighted by Crippen LogP contribution is -2.11. The summed E-state index contributed by atoms with van der Waals surface area (Å²) in [6, 6.07) is 24.4. The Morgan fingerprint density at radius 2 is 1.62 bits per heavy atom. The first kappa shape index (κ1) is 16.4. The van der Waals surface area contributed by atoms with Crippen LogP contribution >= 0.6 is 8.58 Å². The maximum atomic E-state index is 11.3. The molecule has 0 amide bonds. The Labute approximate surface area is 144 Å². The van der Waals surface area contributed by atoms with E-state index >= 15 is 0 Å². The van der Waals surface area contributed by atoms with Crippen molar-refractivity contribution in [2.75, 3.05) is 7.11 Å². The van der Waals surface area contributed by atoms with E-state index in [1.54, 1.807) is 7.11 Å². The van der Waals surface area contributed by atoms with Crippen LogP contribution in [-0.2, 0) is 6.42 Å². The fourth-order valence-corrected chi connectivity index (χ4v) is 3.98. The van der Waals surface area contributed by atoms with Gasteiger partial charge in [-0.15, -0.1) is 0 Å². The monoisotopic (exact) mass is 334 g/mol. The third-order valence-electron chi connectivity index (χ3n) is 3.87. The number of benzene rings is 3. The highest BCUT2D eigenvalue weighted by atomic mass is 31.1. The molecule has 0 saturated carbocycles. The summed E-state index contributed by atoms with van der Waals surface area (Å²) in [4.78, 5) is 11.3. The third kappa shape index (κ3) is 3.90. The minimum atomic E-state index is 0.389. The molecule has 3 heteroatoms. The van der Waals surface area contributed by atoms with Crippen molar-refractivity contribution in [3.8, 4) is 5.75 Å². The van der Waals surface area contributed by atoms with Gasteiger partial charge in [0.25, 0.3) is 0 Å². The standard InChI is InChI=1S/C21H19O2P/c1-23-19-12-11-17(13-16-7-3-2-4-8-16)14-21(19)24-20-10-6-5-9-18(20)15-22/h2-12,14-15,24H,13H2,1H3. The average Bonchev–Trinajstić information content (AvgIpc) is 2.63. The zero-order chi connectivity index (χ0) is 16.8. The van der Waals surface area contributed by atoms with E-state index < -0.39 is 0 Å². The number of ether oxygens (including phenoxy) is 1. The first-order valence-electron chi connectivity index (χ1n) is 7.82. The lowest BCUT2D eigenvalue weighted by molar-refractivity contribution is 0.112. The van der Waals surface area contributed by atoms with Gasteiger partial charge in [0.1, 0.15) is 5.75 Å². The van der Waals surface area contributed by atoms with Gasteiger partial charge in [0.2, 0.25) is 0 Å². The Hall–Kier alpha value is -2.44. The molecule has 0 aliphatic carbocycles. The summed E-state index contributed by atoms with van der Waals surface area (Å²) in [5.74, 6) is 0.867. The van der Waals surface area contributed by atoms with Crippen molar-refractivity contribution in [2.24, 2.45) is 0 Å². The molecule has 1 unspecified atom stereocenters. The molecule has 0 bridgehead atoms. The van der Waals surface area contributed by atoms with Gasteiger partial charge in [0, 0.05) is 10.9 Å². The zero-order valence-corrected chi connectivity index (χ0v) is 14.5. The van der Waals surface area contributed by atoms with Gasteiger partial charge >= 0.3 is 0 Å². The molecule has 2 nitrogen and oxygen atoms in total. The molecule has 0 aromatic heterocycles. The summed E-state index contributed by atoms with van der Waals surface area (Å²) in [5.41, 5.74) is 3.27. The van der Waals surface area contributed by atoms with Gasteiger partial charge in [-0.05, 0) is 35.0 Å². The second kappa shape index (κ2) is 7.90. The normalized spacial score (nSPS) is 10.9. The second-order valence-electron chi connectivity index (χ2n) is 5.53. The number of carbonyl (C=O) groups is 1. The van der Waals surface area contributed by atoms with Crippen LogP contribution in [0.1, 0.15) is 21.5 Å². The Morgan fingerprint density at radius 3 is 2.38 bits per heavy atom. The van der Waals surface area contributed by atoms with Crippen LogP contribution in [0.5, 0.6) is 5.75 Å². The molecule has 0 fully saturated rings. The minimum absolute atomic E-state index is 0.389. The summed E-state index contributed by atoms with van der Waals surface area (Å²) in [6.07, 6.45) is 1.81. The van der Waals surface area contributed by atoms with Gasteiger partial charge in [-0.1, -0.05) is 69.2 Å². The molecule has 24 heavy (non-hydrogen) atoms. The molecule has 0 aliphatic rings. The highest BCUT2D eigenvalue weighted by molar-refractivity contribution is 7.56. The Bertz CT molecular complexity index is 828. The highest BCUT2D eigenvalue weighted by Gasteiger charge is 2.09. The van der Waals surface area contributed by atoms with Crippen LogP contribution < -0.4 is 15.3 Å². The molecule has 0 saturated heterocycles. The molecular formula is C21H19O2P. The van der Waals surface area contributed by atoms with Gasteiger partial charge in [0.05, 0.1) is 7.11 Å². The van der Waals surface area contributed by atoms with E-state index in [0.29, 0.717) is 8.58 Å². The van der Waals surface area contributed by atoms with Gasteiger partial charge in [-0.2, -0.15) is 0 Å². The van der Waals surface area contributed by atoms with Crippen LogP contribution in [-0.4, -0.2) is 13.4 Å². The third-order valence-corrected chi connectivity index (χ3v) is 5.26. The molecule has 3 aromatic carbocycles. The van der Waals surface area contributed by atoms with Crippen molar-refractivity contribution < 1.29 is 9.53 Å². The SMILES string of the molecule is COc1ccc(Cc2ccccc2)cc1Pc1ccccc1C=O. The maximum absolute atomic E-state index is 11.3. The van der Waals surface area contributed by atoms with Crippen LogP contribution in [0.25, 0.3) is 0 Å². The lowest BCUT2D eigenvalue weighted by atomic mass is 10.1. The molecular weight excluding hydrogens is 315 g/mol. The number of hydrogen-bond donors (Lipinski definition) is 0. The van der Waals surface area contributed by atoms with Gasteiger partial charge in [0.15, 0.2) is 6.29 Å². The fourth-order valence-electron chi connectivity index (χ4n) is 2.65.